The van der Waals surface area contributed by atoms with Gasteiger partial charge in [0.2, 0.25) is 11.8 Å². The number of aryl methyl sites for hydroxylation is 1. The zero-order valence-electron chi connectivity index (χ0n) is 55.2. The van der Waals surface area contributed by atoms with Crippen molar-refractivity contribution < 1.29 is 101 Å². The van der Waals surface area contributed by atoms with Crippen molar-refractivity contribution in [2.75, 3.05) is 79.1 Å². The number of carboxylic acid groups (broad SMARTS) is 1. The molecule has 28 nitrogen and oxygen atoms in total. The van der Waals surface area contributed by atoms with Crippen molar-refractivity contribution in [2.24, 2.45) is 0 Å². The maximum absolute atomic E-state index is 12.3. The van der Waals surface area contributed by atoms with E-state index in [0.29, 0.717) is 56.0 Å². The highest BCUT2D eigenvalue weighted by Crippen LogP contribution is 2.34. The van der Waals surface area contributed by atoms with Crippen LogP contribution in [0.3, 0.4) is 0 Å². The summed E-state index contributed by atoms with van der Waals surface area (Å²) in [6.45, 7) is 4.99. The number of rotatable bonds is 24. The van der Waals surface area contributed by atoms with Gasteiger partial charge in [0, 0.05) is 59.3 Å². The van der Waals surface area contributed by atoms with Crippen LogP contribution in [0, 0.1) is 6.92 Å². The highest BCUT2D eigenvalue weighted by molar-refractivity contribution is 8.23. The Morgan fingerprint density at radius 3 is 1.65 bits per heavy atom. The highest BCUT2D eigenvalue weighted by Gasteiger charge is 2.44. The second kappa shape index (κ2) is 42.5. The number of nitrogens with zero attached hydrogens (tertiary/aromatic N) is 6. The van der Waals surface area contributed by atoms with Crippen LogP contribution in [-0.4, -0.2) is 203 Å². The van der Waals surface area contributed by atoms with E-state index in [0.717, 1.165) is 34.2 Å². The van der Waals surface area contributed by atoms with Gasteiger partial charge in [0.1, 0.15) is 67.9 Å². The summed E-state index contributed by atoms with van der Waals surface area (Å²) in [5, 5.41) is 39.1. The van der Waals surface area contributed by atoms with E-state index in [1.165, 1.54) is 87.4 Å². The second-order valence-electron chi connectivity index (χ2n) is 21.0. The highest BCUT2D eigenvalue weighted by atomic mass is 32.2. The fourth-order valence-corrected chi connectivity index (χ4v) is 11.7. The van der Waals surface area contributed by atoms with Gasteiger partial charge >= 0.3 is 11.9 Å². The number of para-hydroxylation sites is 4. The monoisotopic (exact) mass is 1450 g/mol. The van der Waals surface area contributed by atoms with E-state index in [2.05, 4.69) is 19.7 Å². The summed E-state index contributed by atoms with van der Waals surface area (Å²) in [7, 11) is 5.87. The number of Topliss-reactive ketones (excluding diaryl/α,β-unsaturated/α-hetero) is 4. The van der Waals surface area contributed by atoms with E-state index >= 15 is 0 Å². The Kier molecular flexibility index (Phi) is 34.5. The Morgan fingerprint density at radius 1 is 0.640 bits per heavy atom. The molecule has 5 aromatic carbocycles. The zero-order chi connectivity index (χ0) is 73.3. The van der Waals surface area contributed by atoms with Crippen LogP contribution in [0.5, 0.6) is 23.0 Å². The number of aliphatic carboxylic acids is 1. The van der Waals surface area contributed by atoms with Crippen LogP contribution < -0.4 is 19.9 Å². The number of phenols is 1. The average molecular weight is 1450 g/mol. The Bertz CT molecular complexity index is 3970. The molecule has 0 aliphatic carbocycles. The second-order valence-corrected chi connectivity index (χ2v) is 24.4. The summed E-state index contributed by atoms with van der Waals surface area (Å²) in [5.41, 5.74) is 9.27. The topological polar surface area (TPSA) is 384 Å². The lowest BCUT2D eigenvalue weighted by atomic mass is 10.00. The number of carboxylic acids is 1. The molecule has 2 aromatic heterocycles. The van der Waals surface area contributed by atoms with Crippen molar-refractivity contribution in [3.05, 3.63) is 167 Å². The molecule has 7 aromatic rings. The van der Waals surface area contributed by atoms with E-state index in [-0.39, 0.29) is 98.1 Å². The number of nitrogen functional groups attached to an aromatic ring is 1. The fourth-order valence-electron chi connectivity index (χ4n) is 9.12. The van der Waals surface area contributed by atoms with E-state index in [1.807, 2.05) is 25.1 Å². The van der Waals surface area contributed by atoms with E-state index < -0.39 is 48.5 Å². The number of aromatic nitrogens is 4. The molecular formula is C68H75N7O21S4. The van der Waals surface area contributed by atoms with Crippen molar-refractivity contribution >= 4 is 127 Å². The first-order valence-electron chi connectivity index (χ1n) is 30.2. The number of phenolic OH excluding ortho intramolecular Hbond substituents is 1. The minimum absolute atomic E-state index is 0.0113. The molecule has 1 unspecified atom stereocenters. The van der Waals surface area contributed by atoms with Crippen molar-refractivity contribution in [1.29, 1.82) is 0 Å². The van der Waals surface area contributed by atoms with Gasteiger partial charge in [-0.1, -0.05) is 115 Å². The number of ketones is 4. The van der Waals surface area contributed by atoms with Gasteiger partial charge in [0.15, 0.2) is 61.7 Å². The lowest BCUT2D eigenvalue weighted by Crippen LogP contribution is -2.32. The van der Waals surface area contributed by atoms with Gasteiger partial charge in [-0.05, 0) is 73.5 Å². The number of fused-ring (bicyclic) bond motifs is 1. The number of ether oxygens (including phenoxy) is 8. The lowest BCUT2D eigenvalue weighted by molar-refractivity contribution is -0.136. The first kappa shape index (κ1) is 81.2. The van der Waals surface area contributed by atoms with E-state index in [9.17, 15) is 58.5 Å². The van der Waals surface area contributed by atoms with Gasteiger partial charge in [0.25, 0.3) is 0 Å². The number of methoxy groups -OCH3 is 4. The molecular weight excluding hydrogens is 1380 g/mol. The molecule has 0 saturated carbocycles. The minimum atomic E-state index is -1.28. The fraction of sp³-hybridized carbons (Fsp3) is 0.324. The van der Waals surface area contributed by atoms with E-state index in [4.69, 9.17) is 68.4 Å². The number of aldehydes is 1. The summed E-state index contributed by atoms with van der Waals surface area (Å²) >= 11 is 13.0. The van der Waals surface area contributed by atoms with Gasteiger partial charge < -0.3 is 64.1 Å². The molecule has 0 radical (unpaired) electrons. The van der Waals surface area contributed by atoms with Gasteiger partial charge in [0.05, 0.1) is 60.2 Å². The third-order valence-corrected chi connectivity index (χ3v) is 16.9. The summed E-state index contributed by atoms with van der Waals surface area (Å²) in [6.07, 6.45) is -2.02. The summed E-state index contributed by atoms with van der Waals surface area (Å²) in [6, 6.07) is 33.6. The van der Waals surface area contributed by atoms with Gasteiger partial charge in [-0.2, -0.15) is 0 Å². The Hall–Kier alpha value is -9.48. The van der Waals surface area contributed by atoms with Crippen molar-refractivity contribution in [3.8, 4) is 23.0 Å². The number of carbonyl (C=O) groups excluding carboxylic acids is 8. The summed E-state index contributed by atoms with van der Waals surface area (Å²) in [5.74, 6) is -0.246. The molecule has 6 N–H and O–H groups in total. The molecule has 4 atom stereocenters. The van der Waals surface area contributed by atoms with Crippen molar-refractivity contribution in [3.63, 3.8) is 0 Å². The number of carbonyl (C=O) groups is 9. The largest absolute Gasteiger partial charge is 0.507 e. The maximum Gasteiger partial charge on any atom is 0.338 e. The van der Waals surface area contributed by atoms with Crippen LogP contribution in [0.1, 0.15) is 103 Å². The number of thiocarbonyl (C=S) groups is 2. The molecule has 5 heterocycles. The summed E-state index contributed by atoms with van der Waals surface area (Å²) in [4.78, 5) is 118. The van der Waals surface area contributed by atoms with Crippen LogP contribution in [0.25, 0.3) is 11.2 Å². The third kappa shape index (κ3) is 24.7. The molecule has 3 aliphatic rings. The van der Waals surface area contributed by atoms with Crippen LogP contribution in [0.2, 0.25) is 0 Å². The third-order valence-electron chi connectivity index (χ3n) is 14.1. The quantitative estimate of drug-likeness (QED) is 0.00957. The first-order chi connectivity index (χ1) is 48.0. The minimum Gasteiger partial charge on any atom is -0.507 e. The van der Waals surface area contributed by atoms with Crippen LogP contribution in [-0.2, 0) is 42.9 Å². The number of esters is 1. The number of thioether (sulfide) groups is 2. The number of hydrogen-bond acceptors (Lipinski definition) is 28. The SMILES string of the molecule is CC(=O)N1CCSC1=S.COC(=O)c1ccccc1C.COCOc1ccccc1C(=O)CC(=O)N1CCSC1=S.COCOc1ccccc1C(=O)CC(=O)O.COCOc1ccccc1C=O.Nc1ncnc2c1ncn2[C@@H]1O[C@H](CCC(=O)CC(=O)c2ccccc2O)[C@H](O)C1O. The van der Waals surface area contributed by atoms with Gasteiger partial charge in [-0.3, -0.25) is 52.7 Å². The average Bonchev–Trinajstić information content (AvgIpc) is 1.62. The van der Waals surface area contributed by atoms with Crippen molar-refractivity contribution in [2.45, 2.75) is 70.5 Å². The normalized spacial score (nSPS) is 15.6. The van der Waals surface area contributed by atoms with Gasteiger partial charge in [-0.15, -0.1) is 0 Å². The molecule has 10 rings (SSSR count). The molecule has 3 saturated heterocycles. The van der Waals surface area contributed by atoms with Crippen LogP contribution >= 0.6 is 48.0 Å². The number of aliphatic hydroxyl groups excluding tert-OH is 2. The first-order valence-corrected chi connectivity index (χ1v) is 33.0. The predicted octanol–water partition coefficient (Wildman–Crippen LogP) is 7.91. The molecule has 532 valence electrons. The smallest absolute Gasteiger partial charge is 0.338 e. The van der Waals surface area contributed by atoms with Crippen LogP contribution in [0.4, 0.5) is 5.82 Å². The molecule has 32 heteroatoms. The number of aliphatic hydroxyl groups is 2. The van der Waals surface area contributed by atoms with E-state index in [1.54, 1.807) is 102 Å². The van der Waals surface area contributed by atoms with Crippen LogP contribution in [0.15, 0.2) is 134 Å². The Labute approximate surface area is 594 Å². The molecule has 100 heavy (non-hydrogen) atoms. The van der Waals surface area contributed by atoms with Crippen molar-refractivity contribution in [1.82, 2.24) is 29.3 Å². The number of nitrogens with two attached hydrogens (primary N) is 1. The Morgan fingerprint density at radius 2 is 1.14 bits per heavy atom. The maximum atomic E-state index is 12.3. The molecule has 2 amide bonds. The number of benzene rings is 5. The molecule has 0 spiro atoms. The predicted molar refractivity (Wildman–Crippen MR) is 376 cm³/mol. The number of amides is 2. The molecule has 3 aliphatic heterocycles. The molecule has 0 bridgehead atoms. The number of hydrogen-bond donors (Lipinski definition) is 5. The zero-order valence-corrected chi connectivity index (χ0v) is 58.5. The number of aromatic hydroxyl groups is 1. The van der Waals surface area contributed by atoms with Gasteiger partial charge in [-0.25, -0.2) is 19.7 Å². The summed E-state index contributed by atoms with van der Waals surface area (Å²) < 4.78 is 42.9. The standard InChI is InChI=1S/C20H21N5O6.C14H15NO4S2.C11H12O5.C9H10O3.C9H10O2.C5H7NOS2/c21-18-15-19(23-8-22-18)25(9-24-15)20-17(30)16(29)14(31-20)6-5-10(26)7-13(28)11-3-1-2-4-12(11)27;1-18-9-19-12-5-3-2-4-10(12)11(16)8-13(17)15-6-7-21-14(15)20;1-15-7-16-10-5-3-2-4-8(10)9(12)6-11(13)14;1-11-7-12-9-5-3-2-4-8(9)6-10;1-7-5-3-4-6-8(7)9(10)11-2;1-4(7)6-2-3-9-5(6)8/h1-4,8-9,14,16-17,20,27,29-30H,5-7H2,(H2,21,22,23);2-5H,6-9H2,1H3;2-5H,6-7H2,1H3,(H,13,14);2-6H,7H2,1H3;3-6H,1-2H3;2-3H2,1H3/t14-,16+,17?,20-;;;;;/m1...../s1. The molecule has 3 fully saturated rings. The number of anilines is 1. The number of imidazole rings is 1. The Balaban J connectivity index is 0.000000229. The lowest BCUT2D eigenvalue weighted by Gasteiger charge is -2.16.